The fourth-order valence-corrected chi connectivity index (χ4v) is 5.02. The van der Waals surface area contributed by atoms with E-state index in [1.165, 1.54) is 0 Å². The zero-order valence-electron chi connectivity index (χ0n) is 9.16. The van der Waals surface area contributed by atoms with Crippen LogP contribution in [-0.2, 0) is 19.7 Å². The molecule has 3 atom stereocenters. The summed E-state index contributed by atoms with van der Waals surface area (Å²) >= 11 is 0.363. The van der Waals surface area contributed by atoms with Gasteiger partial charge < -0.3 is 0 Å². The van der Waals surface area contributed by atoms with Crippen molar-refractivity contribution in [3.63, 3.8) is 0 Å². The maximum absolute atomic E-state index is 11.2. The molecule has 0 aromatic rings. The Hall–Kier alpha value is -0.150. The topological polar surface area (TPSA) is 129 Å². The SMILES string of the molecule is O=C(O)C1CCC(C(=O)O)(S(=O)(=O)O)C[CH]1[Na]. The number of carboxylic acid groups (broad SMARTS) is 2. The minimum absolute atomic E-state index is 0.0460. The number of hydrogen-bond donors (Lipinski definition) is 3. The van der Waals surface area contributed by atoms with Gasteiger partial charge in [0.25, 0.3) is 0 Å². The van der Waals surface area contributed by atoms with E-state index in [1.54, 1.807) is 0 Å². The summed E-state index contributed by atoms with van der Waals surface area (Å²) in [4.78, 5) is 21.9. The van der Waals surface area contributed by atoms with Crippen molar-refractivity contribution in [2.45, 2.75) is 27.2 Å². The molecule has 0 aromatic carbocycles. The molecule has 0 aliphatic heterocycles. The molecule has 9 heteroatoms. The van der Waals surface area contributed by atoms with Crippen molar-refractivity contribution in [3.05, 3.63) is 0 Å². The summed E-state index contributed by atoms with van der Waals surface area (Å²) in [6.07, 6.45) is -0.739. The van der Waals surface area contributed by atoms with Crippen LogP contribution in [0.15, 0.2) is 0 Å². The number of carbonyl (C=O) groups is 2. The van der Waals surface area contributed by atoms with E-state index in [9.17, 15) is 18.0 Å². The van der Waals surface area contributed by atoms with Crippen molar-refractivity contribution < 1.29 is 32.8 Å². The van der Waals surface area contributed by atoms with Crippen LogP contribution < -0.4 is 0 Å². The van der Waals surface area contributed by atoms with Crippen molar-refractivity contribution >= 4 is 50.0 Å². The Balaban J connectivity index is 3.10. The van der Waals surface area contributed by atoms with Crippen molar-refractivity contribution in [2.75, 3.05) is 0 Å². The van der Waals surface area contributed by atoms with E-state index < -0.39 is 35.9 Å². The van der Waals surface area contributed by atoms with E-state index in [1.807, 2.05) is 0 Å². The van der Waals surface area contributed by atoms with Crippen LogP contribution in [0.5, 0.6) is 0 Å². The van der Waals surface area contributed by atoms with Crippen LogP contribution >= 0.6 is 0 Å². The van der Waals surface area contributed by atoms with Gasteiger partial charge in [-0.05, 0) is 0 Å². The van der Waals surface area contributed by atoms with Gasteiger partial charge in [-0.2, -0.15) is 0 Å². The number of hydrogen-bond acceptors (Lipinski definition) is 4. The first-order valence-electron chi connectivity index (χ1n) is 5.05. The van der Waals surface area contributed by atoms with Gasteiger partial charge in [-0.3, -0.25) is 0 Å². The van der Waals surface area contributed by atoms with Gasteiger partial charge in [-0.1, -0.05) is 0 Å². The van der Waals surface area contributed by atoms with Gasteiger partial charge in [-0.15, -0.1) is 0 Å². The average molecular weight is 274 g/mol. The average Bonchev–Trinajstić information content (AvgIpc) is 2.14. The second kappa shape index (κ2) is 4.85. The zero-order valence-corrected chi connectivity index (χ0v) is 12.0. The standard InChI is InChI=1S/C8H11O7S.Na/c9-6(10)5-1-3-8(4-2-5,7(11)12)16(13,14)15;/h1,5H,2-4H2,(H,9,10)(H,11,12)(H,13,14,15);. The molecule has 1 aliphatic rings. The van der Waals surface area contributed by atoms with Crippen molar-refractivity contribution in [2.24, 2.45) is 5.92 Å². The van der Waals surface area contributed by atoms with Crippen LogP contribution in [0.1, 0.15) is 19.3 Å². The summed E-state index contributed by atoms with van der Waals surface area (Å²) < 4.78 is 28.8. The monoisotopic (exact) mass is 274 g/mol. The first-order valence-corrected chi connectivity index (χ1v) is 7.64. The quantitative estimate of drug-likeness (QED) is 0.469. The fourth-order valence-electron chi connectivity index (χ4n) is 2.34. The molecule has 3 N–H and O–H groups in total. The molecule has 0 heterocycles. The van der Waals surface area contributed by atoms with Gasteiger partial charge in [0, 0.05) is 0 Å². The number of aliphatic carboxylic acids is 2. The number of carboxylic acids is 2. The third-order valence-electron chi connectivity index (χ3n) is 3.40. The Morgan fingerprint density at radius 3 is 2.12 bits per heavy atom. The van der Waals surface area contributed by atoms with Gasteiger partial charge in [-0.25, -0.2) is 0 Å². The van der Waals surface area contributed by atoms with Crippen molar-refractivity contribution in [1.82, 2.24) is 0 Å². The van der Waals surface area contributed by atoms with E-state index in [2.05, 4.69) is 0 Å². The van der Waals surface area contributed by atoms with Crippen molar-refractivity contribution in [3.8, 4) is 0 Å². The molecule has 0 amide bonds. The predicted octanol–water partition coefficient (Wildman–Crippen LogP) is -0.461. The Morgan fingerprint density at radius 1 is 1.29 bits per heavy atom. The summed E-state index contributed by atoms with van der Waals surface area (Å²) in [7, 11) is -4.74. The third kappa shape index (κ3) is 2.65. The van der Waals surface area contributed by atoms with E-state index >= 15 is 0 Å². The molecule has 0 aromatic heterocycles. The van der Waals surface area contributed by atoms with E-state index in [0.717, 1.165) is 0 Å². The Labute approximate surface area is 115 Å². The summed E-state index contributed by atoms with van der Waals surface area (Å²) in [6, 6.07) is 0. The normalized spacial score (nSPS) is 34.3. The second-order valence-corrected chi connectivity index (χ2v) is 7.65. The second-order valence-electron chi connectivity index (χ2n) is 4.44. The van der Waals surface area contributed by atoms with Gasteiger partial charge in [0.2, 0.25) is 0 Å². The molecule has 92 valence electrons. The fraction of sp³-hybridized carbons (Fsp3) is 0.750. The molecule has 1 rings (SSSR count). The minimum atomic E-state index is -4.74. The molecule has 17 heavy (non-hydrogen) atoms. The maximum atomic E-state index is 11.2. The molecule has 7 nitrogen and oxygen atoms in total. The third-order valence-corrected chi connectivity index (χ3v) is 6.14. The molecule has 0 radical (unpaired) electrons. The first kappa shape index (κ1) is 14.9. The molecule has 1 saturated carbocycles. The molecule has 0 spiro atoms. The molecule has 0 bridgehead atoms. The van der Waals surface area contributed by atoms with Gasteiger partial charge in [0.1, 0.15) is 0 Å². The summed E-state index contributed by atoms with van der Waals surface area (Å²) in [5.74, 6) is -3.36. The van der Waals surface area contributed by atoms with Gasteiger partial charge in [0.15, 0.2) is 0 Å². The van der Waals surface area contributed by atoms with Crippen LogP contribution in [0.25, 0.3) is 0 Å². The van der Waals surface area contributed by atoms with Crippen LogP contribution in [0.4, 0.5) is 0 Å². The predicted molar refractivity (Wildman–Crippen MR) is 56.4 cm³/mol. The molecule has 0 saturated heterocycles. The summed E-state index contributed by atoms with van der Waals surface area (Å²) in [6.45, 7) is 0. The van der Waals surface area contributed by atoms with Gasteiger partial charge >= 0.3 is 116 Å². The first-order chi connectivity index (χ1) is 7.62. The summed E-state index contributed by atoms with van der Waals surface area (Å²) in [5.41, 5.74) is 0. The molecule has 1 aliphatic carbocycles. The van der Waals surface area contributed by atoms with Crippen LogP contribution in [0.2, 0.25) is 3.17 Å². The van der Waals surface area contributed by atoms with Crippen LogP contribution in [-0.4, -0.2) is 67.8 Å². The molecule has 1 fully saturated rings. The summed E-state index contributed by atoms with van der Waals surface area (Å²) in [5, 5.41) is 17.9. The Bertz CT molecular complexity index is 445. The van der Waals surface area contributed by atoms with E-state index in [0.29, 0.717) is 27.9 Å². The van der Waals surface area contributed by atoms with E-state index in [4.69, 9.17) is 14.8 Å². The molecular formula is C8H11NaO7S. The molecule has 3 unspecified atom stereocenters. The Kier molecular flexibility index (Phi) is 4.25. The Morgan fingerprint density at radius 2 is 1.82 bits per heavy atom. The van der Waals surface area contributed by atoms with E-state index in [-0.39, 0.29) is 19.3 Å². The molecular weight excluding hydrogens is 263 g/mol. The van der Waals surface area contributed by atoms with Crippen LogP contribution in [0, 0.1) is 5.92 Å². The van der Waals surface area contributed by atoms with Gasteiger partial charge in [0.05, 0.1) is 0 Å². The van der Waals surface area contributed by atoms with Crippen molar-refractivity contribution in [1.29, 1.82) is 0 Å². The van der Waals surface area contributed by atoms with Crippen LogP contribution in [0.3, 0.4) is 0 Å². The zero-order chi connectivity index (χ0) is 13.4. The number of rotatable bonds is 3.